The number of rotatable bonds is 5. The zero-order chi connectivity index (χ0) is 14.4. The molecule has 0 saturated heterocycles. The molecule has 5 nitrogen and oxygen atoms in total. The second-order valence-electron chi connectivity index (χ2n) is 3.88. The van der Waals surface area contributed by atoms with Crippen LogP contribution in [0, 0.1) is 5.82 Å². The Labute approximate surface area is 120 Å². The molecule has 1 aromatic heterocycles. The minimum Gasteiger partial charge on any atom is -0.367 e. The summed E-state index contributed by atoms with van der Waals surface area (Å²) in [5, 5.41) is 5.94. The molecule has 2 rings (SSSR count). The molecular formula is C13H12ClFN4O. The van der Waals surface area contributed by atoms with Crippen LogP contribution in [0.4, 0.5) is 10.2 Å². The van der Waals surface area contributed by atoms with Crippen molar-refractivity contribution >= 4 is 23.3 Å². The normalized spacial score (nSPS) is 10.1. The van der Waals surface area contributed by atoms with Crippen LogP contribution in [0.1, 0.15) is 10.4 Å². The van der Waals surface area contributed by atoms with Gasteiger partial charge in [0.1, 0.15) is 23.0 Å². The minimum absolute atomic E-state index is 0.0209. The number of nitrogens with one attached hydrogen (secondary N) is 2. The van der Waals surface area contributed by atoms with Gasteiger partial charge in [-0.3, -0.25) is 4.79 Å². The lowest BCUT2D eigenvalue weighted by Gasteiger charge is -2.08. The molecule has 0 unspecified atom stereocenters. The molecule has 1 aromatic carbocycles. The third kappa shape index (κ3) is 3.64. The van der Waals surface area contributed by atoms with Crippen molar-refractivity contribution in [2.75, 3.05) is 18.4 Å². The van der Waals surface area contributed by atoms with Crippen LogP contribution in [0.25, 0.3) is 0 Å². The fraction of sp³-hybridized carbons (Fsp3) is 0.154. The van der Waals surface area contributed by atoms with Gasteiger partial charge in [0.15, 0.2) is 0 Å². The second-order valence-corrected chi connectivity index (χ2v) is 4.29. The minimum atomic E-state index is -0.545. The lowest BCUT2D eigenvalue weighted by Crippen LogP contribution is -2.29. The number of carbonyl (C=O) groups is 1. The molecule has 0 fully saturated rings. The average molecular weight is 295 g/mol. The summed E-state index contributed by atoms with van der Waals surface area (Å²) in [6.07, 6.45) is 2.83. The predicted molar refractivity (Wildman–Crippen MR) is 74.3 cm³/mol. The number of anilines is 1. The standard InChI is InChI=1S/C13H12ClFN4O/c14-10-7-16-8-19-12(10)17-5-6-18-13(20)9-3-1-2-4-11(9)15/h1-4,7-8H,5-6H2,(H,18,20)(H,16,17,19). The molecule has 7 heteroatoms. The third-order valence-electron chi connectivity index (χ3n) is 2.49. The van der Waals surface area contributed by atoms with Gasteiger partial charge in [-0.15, -0.1) is 0 Å². The summed E-state index contributed by atoms with van der Waals surface area (Å²) in [5.74, 6) is -0.516. The zero-order valence-corrected chi connectivity index (χ0v) is 11.2. The highest BCUT2D eigenvalue weighted by Crippen LogP contribution is 2.15. The number of nitrogens with zero attached hydrogens (tertiary/aromatic N) is 2. The van der Waals surface area contributed by atoms with Gasteiger partial charge in [-0.1, -0.05) is 23.7 Å². The maximum absolute atomic E-state index is 13.4. The molecule has 104 valence electrons. The molecule has 2 aromatic rings. The summed E-state index contributed by atoms with van der Waals surface area (Å²) >= 11 is 5.86. The molecule has 0 aliphatic heterocycles. The van der Waals surface area contributed by atoms with Crippen LogP contribution in [-0.2, 0) is 0 Å². The van der Waals surface area contributed by atoms with Gasteiger partial charge < -0.3 is 10.6 Å². The van der Waals surface area contributed by atoms with Crippen LogP contribution >= 0.6 is 11.6 Å². The van der Waals surface area contributed by atoms with E-state index in [0.29, 0.717) is 23.9 Å². The van der Waals surface area contributed by atoms with E-state index >= 15 is 0 Å². The molecular weight excluding hydrogens is 283 g/mol. The number of hydrogen-bond acceptors (Lipinski definition) is 4. The number of halogens is 2. The lowest BCUT2D eigenvalue weighted by atomic mass is 10.2. The van der Waals surface area contributed by atoms with Crippen LogP contribution in [0.15, 0.2) is 36.8 Å². The topological polar surface area (TPSA) is 66.9 Å². The highest BCUT2D eigenvalue weighted by atomic mass is 35.5. The van der Waals surface area contributed by atoms with E-state index < -0.39 is 11.7 Å². The van der Waals surface area contributed by atoms with Gasteiger partial charge in [-0.2, -0.15) is 0 Å². The van der Waals surface area contributed by atoms with Gasteiger partial charge in [-0.05, 0) is 12.1 Å². The highest BCUT2D eigenvalue weighted by Gasteiger charge is 2.09. The van der Waals surface area contributed by atoms with Crippen LogP contribution in [0.2, 0.25) is 5.02 Å². The fourth-order valence-corrected chi connectivity index (χ4v) is 1.71. The van der Waals surface area contributed by atoms with Gasteiger partial charge in [0.25, 0.3) is 5.91 Å². The van der Waals surface area contributed by atoms with Gasteiger partial charge in [-0.25, -0.2) is 14.4 Å². The van der Waals surface area contributed by atoms with E-state index in [9.17, 15) is 9.18 Å². The summed E-state index contributed by atoms with van der Waals surface area (Å²) in [5.41, 5.74) is 0.0209. The third-order valence-corrected chi connectivity index (χ3v) is 2.77. The number of hydrogen-bond donors (Lipinski definition) is 2. The van der Waals surface area contributed by atoms with E-state index in [-0.39, 0.29) is 5.56 Å². The number of aromatic nitrogens is 2. The Morgan fingerprint density at radius 2 is 2.10 bits per heavy atom. The molecule has 0 bridgehead atoms. The van der Waals surface area contributed by atoms with Crippen molar-refractivity contribution in [1.29, 1.82) is 0 Å². The van der Waals surface area contributed by atoms with Crippen molar-refractivity contribution in [3.63, 3.8) is 0 Å². The number of carbonyl (C=O) groups excluding carboxylic acids is 1. The van der Waals surface area contributed by atoms with E-state index in [2.05, 4.69) is 20.6 Å². The first-order valence-corrected chi connectivity index (χ1v) is 6.28. The van der Waals surface area contributed by atoms with E-state index in [0.717, 1.165) is 0 Å². The van der Waals surface area contributed by atoms with E-state index in [1.807, 2.05) is 0 Å². The Morgan fingerprint density at radius 3 is 2.85 bits per heavy atom. The van der Waals surface area contributed by atoms with Crippen molar-refractivity contribution in [2.24, 2.45) is 0 Å². The summed E-state index contributed by atoms with van der Waals surface area (Å²) < 4.78 is 13.4. The van der Waals surface area contributed by atoms with E-state index in [4.69, 9.17) is 11.6 Å². The summed E-state index contributed by atoms with van der Waals surface area (Å²) in [7, 11) is 0. The van der Waals surface area contributed by atoms with Crippen molar-refractivity contribution in [2.45, 2.75) is 0 Å². The molecule has 2 N–H and O–H groups in total. The van der Waals surface area contributed by atoms with Gasteiger partial charge in [0.05, 0.1) is 11.8 Å². The van der Waals surface area contributed by atoms with Crippen molar-refractivity contribution in [1.82, 2.24) is 15.3 Å². The Kier molecular flexibility index (Phi) is 4.84. The van der Waals surface area contributed by atoms with E-state index in [1.54, 1.807) is 6.07 Å². The largest absolute Gasteiger partial charge is 0.367 e. The average Bonchev–Trinajstić information content (AvgIpc) is 2.45. The van der Waals surface area contributed by atoms with E-state index in [1.165, 1.54) is 30.7 Å². The molecule has 0 aliphatic rings. The van der Waals surface area contributed by atoms with Crippen LogP contribution in [-0.4, -0.2) is 29.0 Å². The second kappa shape index (κ2) is 6.81. The molecule has 0 aliphatic carbocycles. The number of benzene rings is 1. The quantitative estimate of drug-likeness (QED) is 0.829. The first-order valence-electron chi connectivity index (χ1n) is 5.90. The monoisotopic (exact) mass is 294 g/mol. The zero-order valence-electron chi connectivity index (χ0n) is 10.4. The van der Waals surface area contributed by atoms with Crippen molar-refractivity contribution < 1.29 is 9.18 Å². The SMILES string of the molecule is O=C(NCCNc1ncncc1Cl)c1ccccc1F. The highest BCUT2D eigenvalue weighted by molar-refractivity contribution is 6.32. The van der Waals surface area contributed by atoms with Gasteiger partial charge >= 0.3 is 0 Å². The lowest BCUT2D eigenvalue weighted by molar-refractivity contribution is 0.0951. The van der Waals surface area contributed by atoms with Crippen molar-refractivity contribution in [3.8, 4) is 0 Å². The summed E-state index contributed by atoms with van der Waals surface area (Å²) in [6, 6.07) is 5.81. The Bertz CT molecular complexity index is 608. The molecule has 0 saturated carbocycles. The predicted octanol–water partition coefficient (Wildman–Crippen LogP) is 2.11. The first kappa shape index (κ1) is 14.2. The molecule has 0 spiro atoms. The molecule has 1 amide bonds. The summed E-state index contributed by atoms with van der Waals surface area (Å²) in [6.45, 7) is 0.727. The first-order chi connectivity index (χ1) is 9.68. The number of amides is 1. The Balaban J connectivity index is 1.81. The smallest absolute Gasteiger partial charge is 0.254 e. The van der Waals surface area contributed by atoms with Crippen LogP contribution in [0.3, 0.4) is 0 Å². The van der Waals surface area contributed by atoms with Gasteiger partial charge in [0.2, 0.25) is 0 Å². The van der Waals surface area contributed by atoms with Gasteiger partial charge in [0, 0.05) is 13.1 Å². The molecule has 1 heterocycles. The Morgan fingerprint density at radius 1 is 1.30 bits per heavy atom. The molecule has 0 radical (unpaired) electrons. The molecule has 0 atom stereocenters. The maximum Gasteiger partial charge on any atom is 0.254 e. The van der Waals surface area contributed by atoms with Crippen LogP contribution < -0.4 is 10.6 Å². The van der Waals surface area contributed by atoms with Crippen molar-refractivity contribution in [3.05, 3.63) is 53.2 Å². The fourth-order valence-electron chi connectivity index (χ4n) is 1.54. The van der Waals surface area contributed by atoms with Crippen LogP contribution in [0.5, 0.6) is 0 Å². The Hall–Kier alpha value is -2.21. The summed E-state index contributed by atoms with van der Waals surface area (Å²) in [4.78, 5) is 19.4. The molecule has 20 heavy (non-hydrogen) atoms. The maximum atomic E-state index is 13.4.